The van der Waals surface area contributed by atoms with Crippen LogP contribution in [0.2, 0.25) is 0 Å². The molecule has 0 aliphatic rings. The number of nitrogens with two attached hydrogens (primary N) is 1. The molecular weight excluding hydrogens is 328 g/mol. The molecule has 1 unspecified atom stereocenters. The number of rotatable bonds is 5. The summed E-state index contributed by atoms with van der Waals surface area (Å²) in [7, 11) is 1.70. The summed E-state index contributed by atoms with van der Waals surface area (Å²) in [5.41, 5.74) is 5.78. The maximum Gasteiger partial charge on any atom is 0.274 e. The molecule has 7 heteroatoms. The lowest BCUT2D eigenvalue weighted by molar-refractivity contribution is 0.0741. The van der Waals surface area contributed by atoms with Crippen LogP contribution in [-0.2, 0) is 6.54 Å². The highest BCUT2D eigenvalue weighted by molar-refractivity contribution is 6.04. The van der Waals surface area contributed by atoms with Crippen LogP contribution >= 0.6 is 12.4 Å². The van der Waals surface area contributed by atoms with Gasteiger partial charge in [0.25, 0.3) is 11.5 Å². The summed E-state index contributed by atoms with van der Waals surface area (Å²) < 4.78 is 1.39. The number of hydrogen-bond donors (Lipinski definition) is 1. The van der Waals surface area contributed by atoms with Gasteiger partial charge in [-0.3, -0.25) is 9.59 Å². The second kappa shape index (κ2) is 8.26. The Morgan fingerprint density at radius 1 is 1.25 bits per heavy atom. The molecule has 0 aliphatic carbocycles. The van der Waals surface area contributed by atoms with Gasteiger partial charge < -0.3 is 10.6 Å². The normalized spacial score (nSPS) is 12.1. The smallest absolute Gasteiger partial charge is 0.274 e. The highest BCUT2D eigenvalue weighted by Crippen LogP contribution is 2.16. The van der Waals surface area contributed by atoms with Crippen molar-refractivity contribution >= 4 is 29.1 Å². The van der Waals surface area contributed by atoms with Gasteiger partial charge in [-0.05, 0) is 18.9 Å². The van der Waals surface area contributed by atoms with Gasteiger partial charge in [0, 0.05) is 31.6 Å². The predicted molar refractivity (Wildman–Crippen MR) is 98.7 cm³/mol. The van der Waals surface area contributed by atoms with Crippen molar-refractivity contribution < 1.29 is 4.79 Å². The number of carbonyl (C=O) groups excluding carboxylic acids is 1. The van der Waals surface area contributed by atoms with Crippen molar-refractivity contribution in [2.45, 2.75) is 33.4 Å². The molecule has 1 aromatic heterocycles. The number of nitrogens with zero attached hydrogens (tertiary/aromatic N) is 3. The third-order valence-electron chi connectivity index (χ3n) is 3.93. The van der Waals surface area contributed by atoms with E-state index >= 15 is 0 Å². The molecule has 0 fully saturated rings. The van der Waals surface area contributed by atoms with Crippen LogP contribution in [0.25, 0.3) is 10.8 Å². The first-order chi connectivity index (χ1) is 10.9. The van der Waals surface area contributed by atoms with E-state index in [9.17, 15) is 9.59 Å². The molecule has 1 atom stereocenters. The predicted octanol–water partition coefficient (Wildman–Crippen LogP) is 1.89. The zero-order chi connectivity index (χ0) is 17.1. The second-order valence-electron chi connectivity index (χ2n) is 6.28. The van der Waals surface area contributed by atoms with E-state index in [2.05, 4.69) is 5.10 Å². The molecule has 1 aromatic carbocycles. The summed E-state index contributed by atoms with van der Waals surface area (Å²) in [6.07, 6.45) is 0. The van der Waals surface area contributed by atoms with Crippen LogP contribution in [0.5, 0.6) is 0 Å². The number of hydrogen-bond acceptors (Lipinski definition) is 4. The van der Waals surface area contributed by atoms with Crippen molar-refractivity contribution in [1.82, 2.24) is 14.7 Å². The van der Waals surface area contributed by atoms with Crippen molar-refractivity contribution in [3.63, 3.8) is 0 Å². The Kier molecular flexibility index (Phi) is 6.93. The first-order valence-corrected chi connectivity index (χ1v) is 7.83. The first-order valence-electron chi connectivity index (χ1n) is 7.83. The Labute approximate surface area is 148 Å². The number of halogens is 1. The zero-order valence-corrected chi connectivity index (χ0v) is 15.3. The Bertz CT molecular complexity index is 773. The maximum atomic E-state index is 12.8. The molecule has 0 saturated carbocycles. The molecule has 2 aromatic rings. The molecule has 0 saturated heterocycles. The van der Waals surface area contributed by atoms with Crippen molar-refractivity contribution in [1.29, 1.82) is 0 Å². The van der Waals surface area contributed by atoms with E-state index in [1.54, 1.807) is 36.2 Å². The lowest BCUT2D eigenvalue weighted by Gasteiger charge is -2.24. The molecule has 2 N–H and O–H groups in total. The minimum Gasteiger partial charge on any atom is -0.336 e. The van der Waals surface area contributed by atoms with E-state index in [4.69, 9.17) is 5.73 Å². The van der Waals surface area contributed by atoms with Crippen LogP contribution in [0.1, 0.15) is 31.3 Å². The van der Waals surface area contributed by atoms with Crippen LogP contribution < -0.4 is 11.3 Å². The van der Waals surface area contributed by atoms with Gasteiger partial charge in [-0.25, -0.2) is 4.68 Å². The van der Waals surface area contributed by atoms with E-state index in [1.165, 1.54) is 4.68 Å². The minimum absolute atomic E-state index is 0. The molecular formula is C17H25ClN4O2. The summed E-state index contributed by atoms with van der Waals surface area (Å²) >= 11 is 0. The van der Waals surface area contributed by atoms with Gasteiger partial charge in [0.15, 0.2) is 5.69 Å². The van der Waals surface area contributed by atoms with Crippen LogP contribution in [-0.4, -0.2) is 40.2 Å². The van der Waals surface area contributed by atoms with Gasteiger partial charge >= 0.3 is 0 Å². The lowest BCUT2D eigenvalue weighted by Crippen LogP contribution is -2.41. The van der Waals surface area contributed by atoms with Gasteiger partial charge in [-0.1, -0.05) is 32.0 Å². The Morgan fingerprint density at radius 2 is 1.83 bits per heavy atom. The fourth-order valence-corrected chi connectivity index (χ4v) is 2.39. The largest absolute Gasteiger partial charge is 0.336 e. The molecule has 1 heterocycles. The van der Waals surface area contributed by atoms with Crippen LogP contribution in [0.3, 0.4) is 0 Å². The van der Waals surface area contributed by atoms with E-state index < -0.39 is 0 Å². The quantitative estimate of drug-likeness (QED) is 0.891. The van der Waals surface area contributed by atoms with Crippen molar-refractivity contribution in [2.75, 3.05) is 13.6 Å². The van der Waals surface area contributed by atoms with Gasteiger partial charge in [-0.2, -0.15) is 5.10 Å². The Hall–Kier alpha value is -1.92. The van der Waals surface area contributed by atoms with E-state index in [0.29, 0.717) is 29.6 Å². The number of aromatic nitrogens is 2. The highest BCUT2D eigenvalue weighted by Gasteiger charge is 2.22. The van der Waals surface area contributed by atoms with Crippen LogP contribution in [0.4, 0.5) is 0 Å². The average Bonchev–Trinajstić information content (AvgIpc) is 2.55. The zero-order valence-electron chi connectivity index (χ0n) is 14.5. The third-order valence-corrected chi connectivity index (χ3v) is 3.93. The van der Waals surface area contributed by atoms with E-state index in [1.807, 2.05) is 20.8 Å². The standard InChI is InChI=1S/C17H24N4O2.ClH/c1-11(2)10-21-16(22)14-8-6-5-7-13(14)15(19-21)17(23)20(4)12(3)9-18;/h5-8,11-12H,9-10,18H2,1-4H3;1H. The number of amides is 1. The summed E-state index contributed by atoms with van der Waals surface area (Å²) in [4.78, 5) is 26.9. The van der Waals surface area contributed by atoms with Gasteiger partial charge in [0.05, 0.1) is 5.39 Å². The lowest BCUT2D eigenvalue weighted by atomic mass is 10.1. The van der Waals surface area contributed by atoms with Crippen molar-refractivity contribution in [3.8, 4) is 0 Å². The summed E-state index contributed by atoms with van der Waals surface area (Å²) in [6, 6.07) is 6.99. The molecule has 24 heavy (non-hydrogen) atoms. The maximum absolute atomic E-state index is 12.8. The van der Waals surface area contributed by atoms with Gasteiger partial charge in [-0.15, -0.1) is 12.4 Å². The number of fused-ring (bicyclic) bond motifs is 1. The average molecular weight is 353 g/mol. The molecule has 0 bridgehead atoms. The fraction of sp³-hybridized carbons (Fsp3) is 0.471. The summed E-state index contributed by atoms with van der Waals surface area (Å²) in [5.74, 6) is 0.0293. The minimum atomic E-state index is -0.225. The van der Waals surface area contributed by atoms with Gasteiger partial charge in [0.2, 0.25) is 0 Å². The Morgan fingerprint density at radius 3 is 2.38 bits per heavy atom. The highest BCUT2D eigenvalue weighted by atomic mass is 35.5. The molecule has 2 rings (SSSR count). The van der Waals surface area contributed by atoms with Crippen molar-refractivity contribution in [2.24, 2.45) is 11.7 Å². The van der Waals surface area contributed by atoms with Crippen LogP contribution in [0, 0.1) is 5.92 Å². The SMILES string of the molecule is CC(C)Cn1nc(C(=O)N(C)C(C)CN)c2ccccc2c1=O.Cl. The molecule has 0 aliphatic heterocycles. The van der Waals surface area contributed by atoms with E-state index in [-0.39, 0.29) is 35.8 Å². The van der Waals surface area contributed by atoms with Crippen molar-refractivity contribution in [3.05, 3.63) is 40.3 Å². The fourth-order valence-electron chi connectivity index (χ4n) is 2.39. The summed E-state index contributed by atoms with van der Waals surface area (Å²) in [5, 5.41) is 5.45. The third kappa shape index (κ3) is 3.94. The number of likely N-dealkylation sites (N-methyl/N-ethyl adjacent to an activating group) is 1. The monoisotopic (exact) mass is 352 g/mol. The molecule has 0 spiro atoms. The van der Waals surface area contributed by atoms with Crippen LogP contribution in [0.15, 0.2) is 29.1 Å². The number of carbonyl (C=O) groups is 1. The Balaban J connectivity index is 0.00000288. The molecule has 6 nitrogen and oxygen atoms in total. The summed E-state index contributed by atoms with van der Waals surface area (Å²) in [6.45, 7) is 6.73. The first kappa shape index (κ1) is 20.1. The number of benzene rings is 1. The van der Waals surface area contributed by atoms with Gasteiger partial charge in [0.1, 0.15) is 0 Å². The van der Waals surface area contributed by atoms with E-state index in [0.717, 1.165) is 0 Å². The topological polar surface area (TPSA) is 81.2 Å². The molecule has 132 valence electrons. The second-order valence-corrected chi connectivity index (χ2v) is 6.28. The molecule has 0 radical (unpaired) electrons. The molecule has 1 amide bonds.